The molecule has 0 heterocycles. The summed E-state index contributed by atoms with van der Waals surface area (Å²) in [5.41, 5.74) is 9.08. The summed E-state index contributed by atoms with van der Waals surface area (Å²) in [5, 5.41) is 0. The number of hydrogen-bond donors (Lipinski definition) is 1. The van der Waals surface area contributed by atoms with Crippen LogP contribution in [0.2, 0.25) is 0 Å². The predicted octanol–water partition coefficient (Wildman–Crippen LogP) is 4.09. The minimum Gasteiger partial charge on any atom is -0.423 e. The zero-order chi connectivity index (χ0) is 15.6. The van der Waals surface area contributed by atoms with E-state index < -0.39 is 5.97 Å². The number of esters is 1. The molecule has 2 aromatic rings. The Morgan fingerprint density at radius 2 is 1.67 bits per heavy atom. The molecule has 2 N–H and O–H groups in total. The van der Waals surface area contributed by atoms with Crippen LogP contribution in [0.15, 0.2) is 42.5 Å². The first-order chi connectivity index (χ1) is 9.77. The average molecular weight is 283 g/mol. The molecule has 0 amide bonds. The molecular formula is C18H21NO2. The predicted molar refractivity (Wildman–Crippen MR) is 85.7 cm³/mol. The van der Waals surface area contributed by atoms with Crippen molar-refractivity contribution in [1.29, 1.82) is 0 Å². The summed E-state index contributed by atoms with van der Waals surface area (Å²) in [7, 11) is 0. The largest absolute Gasteiger partial charge is 0.423 e. The molecule has 0 radical (unpaired) electrons. The number of nitrogens with two attached hydrogens (primary N) is 1. The van der Waals surface area contributed by atoms with Gasteiger partial charge in [0.25, 0.3) is 0 Å². The minimum atomic E-state index is -0.398. The maximum Gasteiger partial charge on any atom is 0.343 e. The Balaban J connectivity index is 2.14. The van der Waals surface area contributed by atoms with Crippen molar-refractivity contribution in [3.63, 3.8) is 0 Å². The van der Waals surface area contributed by atoms with Gasteiger partial charge in [-0.25, -0.2) is 4.79 Å². The zero-order valence-corrected chi connectivity index (χ0v) is 12.9. The van der Waals surface area contributed by atoms with E-state index in [-0.39, 0.29) is 5.41 Å². The van der Waals surface area contributed by atoms with Gasteiger partial charge in [0.2, 0.25) is 0 Å². The molecule has 21 heavy (non-hydrogen) atoms. The summed E-state index contributed by atoms with van der Waals surface area (Å²) < 4.78 is 5.37. The fourth-order valence-electron chi connectivity index (χ4n) is 1.96. The van der Waals surface area contributed by atoms with Crippen molar-refractivity contribution in [1.82, 2.24) is 0 Å². The number of rotatable bonds is 2. The second-order valence-corrected chi connectivity index (χ2v) is 6.24. The number of carbonyl (C=O) groups is 1. The SMILES string of the molecule is Cc1ccc(C(=O)Oc2ccc(C(C)(C)C)cc2)cc1N. The fraction of sp³-hybridized carbons (Fsp3) is 0.278. The lowest BCUT2D eigenvalue weighted by Crippen LogP contribution is -2.12. The van der Waals surface area contributed by atoms with E-state index in [2.05, 4.69) is 20.8 Å². The smallest absolute Gasteiger partial charge is 0.343 e. The Bertz CT molecular complexity index is 652. The number of anilines is 1. The molecule has 0 aromatic heterocycles. The number of ether oxygens (including phenoxy) is 1. The molecule has 110 valence electrons. The third-order valence-electron chi connectivity index (χ3n) is 3.45. The van der Waals surface area contributed by atoms with Gasteiger partial charge >= 0.3 is 5.97 Å². The van der Waals surface area contributed by atoms with Crippen molar-refractivity contribution in [2.75, 3.05) is 5.73 Å². The number of nitrogen functional groups attached to an aromatic ring is 1. The topological polar surface area (TPSA) is 52.3 Å². The Morgan fingerprint density at radius 1 is 1.05 bits per heavy atom. The fourth-order valence-corrected chi connectivity index (χ4v) is 1.96. The van der Waals surface area contributed by atoms with Crippen LogP contribution >= 0.6 is 0 Å². The van der Waals surface area contributed by atoms with Crippen molar-refractivity contribution in [3.8, 4) is 5.75 Å². The molecule has 0 bridgehead atoms. The van der Waals surface area contributed by atoms with Crippen LogP contribution in [0.25, 0.3) is 0 Å². The van der Waals surface area contributed by atoms with Crippen LogP contribution in [-0.2, 0) is 5.41 Å². The number of carbonyl (C=O) groups excluding carboxylic acids is 1. The molecule has 3 nitrogen and oxygen atoms in total. The monoisotopic (exact) mass is 283 g/mol. The van der Waals surface area contributed by atoms with E-state index in [1.54, 1.807) is 12.1 Å². The standard InChI is InChI=1S/C18H21NO2/c1-12-5-6-13(11-16(12)19)17(20)21-15-9-7-14(8-10-15)18(2,3)4/h5-11H,19H2,1-4H3. The third-order valence-corrected chi connectivity index (χ3v) is 3.45. The summed E-state index contributed by atoms with van der Waals surface area (Å²) in [6.45, 7) is 8.32. The summed E-state index contributed by atoms with van der Waals surface area (Å²) in [5.74, 6) is 0.136. The van der Waals surface area contributed by atoms with Gasteiger partial charge in [0.15, 0.2) is 0 Å². The molecule has 0 spiro atoms. The average Bonchev–Trinajstić information content (AvgIpc) is 2.41. The summed E-state index contributed by atoms with van der Waals surface area (Å²) in [6.07, 6.45) is 0. The molecule has 3 heteroatoms. The maximum absolute atomic E-state index is 12.1. The molecule has 0 saturated heterocycles. The normalized spacial score (nSPS) is 11.2. The minimum absolute atomic E-state index is 0.0773. The van der Waals surface area contributed by atoms with Gasteiger partial charge < -0.3 is 10.5 Å². The molecule has 0 unspecified atom stereocenters. The Labute approximate surface area is 125 Å². The highest BCUT2D eigenvalue weighted by Crippen LogP contribution is 2.24. The lowest BCUT2D eigenvalue weighted by atomic mass is 9.87. The van der Waals surface area contributed by atoms with Gasteiger partial charge in [-0.05, 0) is 47.7 Å². The van der Waals surface area contributed by atoms with E-state index in [4.69, 9.17) is 10.5 Å². The van der Waals surface area contributed by atoms with Gasteiger partial charge in [0.1, 0.15) is 5.75 Å². The molecule has 0 aliphatic carbocycles. The lowest BCUT2D eigenvalue weighted by Gasteiger charge is -2.19. The summed E-state index contributed by atoms with van der Waals surface area (Å²) in [4.78, 5) is 12.1. The van der Waals surface area contributed by atoms with Crippen LogP contribution in [0.4, 0.5) is 5.69 Å². The first-order valence-electron chi connectivity index (χ1n) is 6.96. The molecule has 2 rings (SSSR count). The first kappa shape index (κ1) is 15.1. The lowest BCUT2D eigenvalue weighted by molar-refractivity contribution is 0.0735. The highest BCUT2D eigenvalue weighted by molar-refractivity contribution is 5.92. The van der Waals surface area contributed by atoms with Crippen LogP contribution in [0.3, 0.4) is 0 Å². The third kappa shape index (κ3) is 3.63. The molecule has 0 fully saturated rings. The van der Waals surface area contributed by atoms with Crippen LogP contribution < -0.4 is 10.5 Å². The van der Waals surface area contributed by atoms with Crippen LogP contribution in [0, 0.1) is 6.92 Å². The van der Waals surface area contributed by atoms with Crippen LogP contribution in [-0.4, -0.2) is 5.97 Å². The van der Waals surface area contributed by atoms with Gasteiger partial charge in [-0.2, -0.15) is 0 Å². The maximum atomic E-state index is 12.1. The first-order valence-corrected chi connectivity index (χ1v) is 6.96. The van der Waals surface area contributed by atoms with Crippen molar-refractivity contribution < 1.29 is 9.53 Å². The highest BCUT2D eigenvalue weighted by Gasteiger charge is 2.14. The summed E-state index contributed by atoms with van der Waals surface area (Å²) >= 11 is 0. The second-order valence-electron chi connectivity index (χ2n) is 6.24. The Kier molecular flexibility index (Phi) is 4.03. The van der Waals surface area contributed by atoms with E-state index in [0.717, 1.165) is 5.56 Å². The van der Waals surface area contributed by atoms with E-state index in [1.165, 1.54) is 5.56 Å². The molecular weight excluding hydrogens is 262 g/mol. The van der Waals surface area contributed by atoms with Crippen molar-refractivity contribution in [3.05, 3.63) is 59.2 Å². The van der Waals surface area contributed by atoms with Gasteiger partial charge in [-0.3, -0.25) is 0 Å². The van der Waals surface area contributed by atoms with Gasteiger partial charge in [0, 0.05) is 5.69 Å². The Hall–Kier alpha value is -2.29. The van der Waals surface area contributed by atoms with Crippen molar-refractivity contribution in [2.24, 2.45) is 0 Å². The molecule has 2 aromatic carbocycles. The van der Waals surface area contributed by atoms with Crippen LogP contribution in [0.1, 0.15) is 42.3 Å². The highest BCUT2D eigenvalue weighted by atomic mass is 16.5. The van der Waals surface area contributed by atoms with Crippen molar-refractivity contribution >= 4 is 11.7 Å². The molecule has 0 aliphatic heterocycles. The second kappa shape index (κ2) is 5.60. The van der Waals surface area contributed by atoms with E-state index in [9.17, 15) is 4.79 Å². The number of hydrogen-bond acceptors (Lipinski definition) is 3. The zero-order valence-electron chi connectivity index (χ0n) is 12.9. The summed E-state index contributed by atoms with van der Waals surface area (Å²) in [6, 6.07) is 12.8. The molecule has 0 atom stereocenters. The molecule has 0 aliphatic rings. The van der Waals surface area contributed by atoms with Gasteiger partial charge in [-0.1, -0.05) is 39.0 Å². The number of aryl methyl sites for hydroxylation is 1. The van der Waals surface area contributed by atoms with E-state index in [0.29, 0.717) is 17.0 Å². The van der Waals surface area contributed by atoms with Gasteiger partial charge in [0.05, 0.1) is 5.56 Å². The van der Waals surface area contributed by atoms with Crippen molar-refractivity contribution in [2.45, 2.75) is 33.1 Å². The number of benzene rings is 2. The quantitative estimate of drug-likeness (QED) is 0.513. The Morgan fingerprint density at radius 3 is 2.19 bits per heavy atom. The van der Waals surface area contributed by atoms with E-state index >= 15 is 0 Å². The van der Waals surface area contributed by atoms with Crippen LogP contribution in [0.5, 0.6) is 5.75 Å². The molecule has 0 saturated carbocycles. The van der Waals surface area contributed by atoms with E-state index in [1.807, 2.05) is 37.3 Å². The van der Waals surface area contributed by atoms with Gasteiger partial charge in [-0.15, -0.1) is 0 Å².